The first kappa shape index (κ1) is 32.8. The molecule has 0 N–H and O–H groups in total. The van der Waals surface area contributed by atoms with E-state index in [1.54, 1.807) is 22.7 Å². The normalized spacial score (nSPS) is 11.8. The summed E-state index contributed by atoms with van der Waals surface area (Å²) < 4.78 is 0. The number of hydrogen-bond donors (Lipinski definition) is 0. The summed E-state index contributed by atoms with van der Waals surface area (Å²) in [6.45, 7) is 4.54. The van der Waals surface area contributed by atoms with E-state index in [1.807, 2.05) is 12.4 Å². The predicted octanol–water partition coefficient (Wildman–Crippen LogP) is 14.5. The molecule has 8 rings (SSSR count). The van der Waals surface area contributed by atoms with E-state index in [1.165, 1.54) is 139 Å². The van der Waals surface area contributed by atoms with E-state index in [9.17, 15) is 0 Å². The molecule has 0 fully saturated rings. The molecule has 0 saturated carbocycles. The Morgan fingerprint density at radius 1 is 0.400 bits per heavy atom. The summed E-state index contributed by atoms with van der Waals surface area (Å²) in [5, 5.41) is 12.3. The van der Waals surface area contributed by atoms with Crippen LogP contribution in [0, 0.1) is 0 Å². The molecular weight excluding hydrogens is 645 g/mol. The van der Waals surface area contributed by atoms with Crippen LogP contribution >= 0.6 is 22.7 Å². The smallest absolute Gasteiger partial charge is 0.152 e. The van der Waals surface area contributed by atoms with Crippen LogP contribution in [-0.2, 0) is 12.8 Å². The van der Waals surface area contributed by atoms with Crippen LogP contribution in [0.3, 0.4) is 0 Å². The quantitative estimate of drug-likeness (QED) is 0.0890. The van der Waals surface area contributed by atoms with Gasteiger partial charge in [-0.2, -0.15) is 0 Å². The van der Waals surface area contributed by atoms with Gasteiger partial charge < -0.3 is 0 Å². The van der Waals surface area contributed by atoms with Crippen molar-refractivity contribution in [3.63, 3.8) is 0 Å². The van der Waals surface area contributed by atoms with Crippen LogP contribution in [0.1, 0.15) is 76.3 Å². The van der Waals surface area contributed by atoms with Gasteiger partial charge in [-0.1, -0.05) is 113 Å². The highest BCUT2D eigenvalue weighted by Gasteiger charge is 2.13. The Labute approximate surface area is 303 Å². The topological polar surface area (TPSA) is 25.8 Å². The van der Waals surface area contributed by atoms with Gasteiger partial charge in [0.05, 0.1) is 9.75 Å². The molecule has 0 atom stereocenters. The third-order valence-electron chi connectivity index (χ3n) is 10.1. The van der Waals surface area contributed by atoms with Crippen LogP contribution in [0.15, 0.2) is 109 Å². The fourth-order valence-electron chi connectivity index (χ4n) is 7.24. The lowest BCUT2D eigenvalue weighted by atomic mass is 9.98. The van der Waals surface area contributed by atoms with Gasteiger partial charge >= 0.3 is 0 Å². The summed E-state index contributed by atoms with van der Waals surface area (Å²) in [6, 6.07) is 37.0. The predicted molar refractivity (Wildman–Crippen MR) is 220 cm³/mol. The molecule has 0 bridgehead atoms. The third-order valence-corrected chi connectivity index (χ3v) is 12.4. The molecule has 0 saturated heterocycles. The number of rotatable bonds is 13. The Kier molecular flexibility index (Phi) is 9.74. The molecule has 0 amide bonds. The average molecular weight is 689 g/mol. The zero-order valence-electron chi connectivity index (χ0n) is 29.2. The largest absolute Gasteiger partial charge is 0.241 e. The van der Waals surface area contributed by atoms with E-state index >= 15 is 0 Å². The van der Waals surface area contributed by atoms with E-state index in [4.69, 9.17) is 9.97 Å². The van der Waals surface area contributed by atoms with Crippen molar-refractivity contribution < 1.29 is 0 Å². The number of aromatic nitrogens is 2. The summed E-state index contributed by atoms with van der Waals surface area (Å²) in [5.41, 5.74) is 5.30. The summed E-state index contributed by atoms with van der Waals surface area (Å²) in [5.74, 6) is 0. The molecule has 2 aromatic heterocycles. The zero-order chi connectivity index (χ0) is 33.9. The van der Waals surface area contributed by atoms with E-state index in [-0.39, 0.29) is 0 Å². The minimum absolute atomic E-state index is 0.971. The maximum atomic E-state index is 4.83. The first-order chi connectivity index (χ1) is 24.6. The van der Waals surface area contributed by atoms with Gasteiger partial charge in [0, 0.05) is 12.4 Å². The van der Waals surface area contributed by atoms with Crippen molar-refractivity contribution in [3.8, 4) is 30.9 Å². The lowest BCUT2D eigenvalue weighted by Crippen LogP contribution is -1.87. The van der Waals surface area contributed by atoms with Crippen LogP contribution in [0.5, 0.6) is 0 Å². The molecule has 0 aliphatic heterocycles. The second-order valence-electron chi connectivity index (χ2n) is 13.9. The van der Waals surface area contributed by atoms with Gasteiger partial charge in [-0.25, -0.2) is 9.97 Å². The second kappa shape index (κ2) is 14.8. The third kappa shape index (κ3) is 7.10. The lowest BCUT2D eigenvalue weighted by molar-refractivity contribution is 0.667. The maximum Gasteiger partial charge on any atom is 0.152 e. The van der Waals surface area contributed by atoms with Crippen molar-refractivity contribution in [2.45, 2.75) is 78.1 Å². The lowest BCUT2D eigenvalue weighted by Gasteiger charge is -2.07. The van der Waals surface area contributed by atoms with Crippen molar-refractivity contribution in [1.82, 2.24) is 9.97 Å². The summed E-state index contributed by atoms with van der Waals surface area (Å²) >= 11 is 3.44. The van der Waals surface area contributed by atoms with Crippen molar-refractivity contribution >= 4 is 65.8 Å². The number of benzene rings is 6. The van der Waals surface area contributed by atoms with Gasteiger partial charge in [-0.3, -0.25) is 0 Å². The highest BCUT2D eigenvalue weighted by atomic mass is 32.1. The SMILES string of the molecule is CCCCCCc1ccc2cc3cc(-c4cnc(-c5ncc(-c6ccc7cc8cc(CCCCCC)ccc8cc7c6)s5)s4)ccc3cc2c1. The number of thiazole rings is 2. The van der Waals surface area contributed by atoms with Gasteiger partial charge in [0.2, 0.25) is 0 Å². The molecule has 0 radical (unpaired) electrons. The Bertz CT molecular complexity index is 2260. The maximum absolute atomic E-state index is 4.83. The number of nitrogens with zero attached hydrogens (tertiary/aromatic N) is 2. The molecule has 6 aromatic carbocycles. The summed E-state index contributed by atoms with van der Waals surface area (Å²) in [4.78, 5) is 12.0. The zero-order valence-corrected chi connectivity index (χ0v) is 30.8. The molecule has 0 spiro atoms. The number of aryl methyl sites for hydroxylation is 2. The van der Waals surface area contributed by atoms with Crippen LogP contribution in [0.4, 0.5) is 0 Å². The van der Waals surface area contributed by atoms with Crippen LogP contribution in [0.2, 0.25) is 0 Å². The molecule has 250 valence electrons. The molecule has 8 aromatic rings. The summed E-state index contributed by atoms with van der Waals surface area (Å²) in [7, 11) is 0. The fraction of sp³-hybridized carbons (Fsp3) is 0.261. The Morgan fingerprint density at radius 2 is 0.800 bits per heavy atom. The molecule has 4 heteroatoms. The molecule has 0 aliphatic carbocycles. The second-order valence-corrected chi connectivity index (χ2v) is 15.9. The van der Waals surface area contributed by atoms with Crippen LogP contribution < -0.4 is 0 Å². The highest BCUT2D eigenvalue weighted by molar-refractivity contribution is 7.24. The van der Waals surface area contributed by atoms with Crippen molar-refractivity contribution in [1.29, 1.82) is 0 Å². The van der Waals surface area contributed by atoms with Crippen molar-refractivity contribution in [2.75, 3.05) is 0 Å². The minimum atomic E-state index is 0.971. The molecule has 2 heterocycles. The molecule has 0 unspecified atom stereocenters. The van der Waals surface area contributed by atoms with Crippen LogP contribution in [0.25, 0.3) is 74.0 Å². The first-order valence-electron chi connectivity index (χ1n) is 18.5. The van der Waals surface area contributed by atoms with E-state index < -0.39 is 0 Å². The number of unbranched alkanes of at least 4 members (excludes halogenated alkanes) is 6. The Morgan fingerprint density at radius 3 is 1.22 bits per heavy atom. The number of hydrogen-bond acceptors (Lipinski definition) is 4. The molecular formula is C46H44N2S2. The number of fused-ring (bicyclic) bond motifs is 4. The van der Waals surface area contributed by atoms with Gasteiger partial charge in [-0.05, 0) is 127 Å². The van der Waals surface area contributed by atoms with Gasteiger partial charge in [0.1, 0.15) is 0 Å². The minimum Gasteiger partial charge on any atom is -0.241 e. The molecule has 0 aliphatic rings. The Balaban J connectivity index is 0.993. The van der Waals surface area contributed by atoms with E-state index in [0.29, 0.717) is 0 Å². The molecule has 50 heavy (non-hydrogen) atoms. The standard InChI is InChI=1S/C46H44N2S2/c1-3-5-7-9-11-31-13-15-33-25-41-27-37(19-17-35(41)23-39(33)21-31)43-29-47-45(49-43)46-48-30-44(50-46)38-20-18-36-24-40-22-32(12-10-8-6-4-2)14-16-34(40)26-42(36)28-38/h13-30H,3-12H2,1-2H3. The van der Waals surface area contributed by atoms with Gasteiger partial charge in [0.25, 0.3) is 0 Å². The molecule has 2 nitrogen and oxygen atoms in total. The van der Waals surface area contributed by atoms with Crippen molar-refractivity contribution in [2.24, 2.45) is 0 Å². The first-order valence-corrected chi connectivity index (χ1v) is 20.1. The summed E-state index contributed by atoms with van der Waals surface area (Å²) in [6.07, 6.45) is 16.8. The fourth-order valence-corrected chi connectivity index (χ4v) is 9.09. The van der Waals surface area contributed by atoms with E-state index in [0.717, 1.165) is 10.0 Å². The average Bonchev–Trinajstić information content (AvgIpc) is 3.84. The van der Waals surface area contributed by atoms with E-state index in [2.05, 4.69) is 111 Å². The highest BCUT2D eigenvalue weighted by Crippen LogP contribution is 2.39. The van der Waals surface area contributed by atoms with Crippen LogP contribution in [-0.4, -0.2) is 9.97 Å². The van der Waals surface area contributed by atoms with Gasteiger partial charge in [-0.15, -0.1) is 22.7 Å². The monoisotopic (exact) mass is 688 g/mol. The van der Waals surface area contributed by atoms with Crippen molar-refractivity contribution in [3.05, 3.63) is 121 Å². The van der Waals surface area contributed by atoms with Gasteiger partial charge in [0.15, 0.2) is 10.0 Å². The Hall–Kier alpha value is -4.38.